The molecule has 0 saturated carbocycles. The van der Waals surface area contributed by atoms with Gasteiger partial charge in [-0.2, -0.15) is 5.10 Å². The molecule has 1 aliphatic heterocycles. The zero-order valence-corrected chi connectivity index (χ0v) is 11.5. The molecule has 8 nitrogen and oxygen atoms in total. The number of primary amides is 1. The Morgan fingerprint density at radius 2 is 2.25 bits per heavy atom. The van der Waals surface area contributed by atoms with E-state index in [-0.39, 0.29) is 24.0 Å². The SMILES string of the molecule is Cn1cc(OC(N)=O)c(N2CC(C=O)C(C)(C)C2=O)n1. The van der Waals surface area contributed by atoms with E-state index >= 15 is 0 Å². The van der Waals surface area contributed by atoms with Crippen molar-refractivity contribution >= 4 is 24.1 Å². The number of amides is 2. The third-order valence-electron chi connectivity index (χ3n) is 3.51. The van der Waals surface area contributed by atoms with E-state index in [0.717, 1.165) is 6.29 Å². The average Bonchev–Trinajstić information content (AvgIpc) is 2.78. The molecular formula is C12H16N4O4. The van der Waals surface area contributed by atoms with E-state index < -0.39 is 17.4 Å². The third-order valence-corrected chi connectivity index (χ3v) is 3.51. The van der Waals surface area contributed by atoms with Crippen LogP contribution in [0.5, 0.6) is 5.75 Å². The second-order valence-electron chi connectivity index (χ2n) is 5.29. The van der Waals surface area contributed by atoms with Gasteiger partial charge in [0.25, 0.3) is 0 Å². The largest absolute Gasteiger partial charge is 0.410 e. The molecule has 1 aliphatic rings. The summed E-state index contributed by atoms with van der Waals surface area (Å²) in [5, 5.41) is 4.10. The number of carbonyl (C=O) groups excluding carboxylic acids is 3. The first kappa shape index (κ1) is 14.0. The van der Waals surface area contributed by atoms with E-state index in [9.17, 15) is 14.4 Å². The molecule has 0 radical (unpaired) electrons. The van der Waals surface area contributed by atoms with Crippen LogP contribution >= 0.6 is 0 Å². The Morgan fingerprint density at radius 3 is 2.75 bits per heavy atom. The Balaban J connectivity index is 2.40. The zero-order valence-electron chi connectivity index (χ0n) is 11.5. The van der Waals surface area contributed by atoms with Crippen molar-refractivity contribution in [3.05, 3.63) is 6.20 Å². The lowest BCUT2D eigenvalue weighted by Crippen LogP contribution is -2.32. The van der Waals surface area contributed by atoms with Crippen LogP contribution in [-0.4, -0.2) is 34.6 Å². The summed E-state index contributed by atoms with van der Waals surface area (Å²) >= 11 is 0. The lowest BCUT2D eigenvalue weighted by molar-refractivity contribution is -0.127. The van der Waals surface area contributed by atoms with Crippen LogP contribution < -0.4 is 15.4 Å². The summed E-state index contributed by atoms with van der Waals surface area (Å²) in [6.07, 6.45) is 1.21. The van der Waals surface area contributed by atoms with Gasteiger partial charge in [0.2, 0.25) is 11.7 Å². The van der Waals surface area contributed by atoms with Gasteiger partial charge in [0, 0.05) is 19.5 Å². The van der Waals surface area contributed by atoms with E-state index in [1.54, 1.807) is 20.9 Å². The first-order valence-corrected chi connectivity index (χ1v) is 6.05. The van der Waals surface area contributed by atoms with Crippen LogP contribution in [0.4, 0.5) is 10.6 Å². The quantitative estimate of drug-likeness (QED) is 0.788. The number of aromatic nitrogens is 2. The van der Waals surface area contributed by atoms with Gasteiger partial charge in [0.15, 0.2) is 5.75 Å². The third kappa shape index (κ3) is 2.13. The van der Waals surface area contributed by atoms with Crippen LogP contribution in [0.25, 0.3) is 0 Å². The molecule has 0 bridgehead atoms. The Labute approximate surface area is 115 Å². The molecule has 1 unspecified atom stereocenters. The molecule has 0 aliphatic carbocycles. The molecule has 8 heteroatoms. The smallest absolute Gasteiger partial charge is 0.405 e. The highest BCUT2D eigenvalue weighted by molar-refractivity contribution is 6.02. The van der Waals surface area contributed by atoms with Gasteiger partial charge < -0.3 is 15.3 Å². The van der Waals surface area contributed by atoms with Crippen molar-refractivity contribution in [2.24, 2.45) is 24.1 Å². The van der Waals surface area contributed by atoms with E-state index in [1.807, 2.05) is 0 Å². The second-order valence-corrected chi connectivity index (χ2v) is 5.29. The monoisotopic (exact) mass is 280 g/mol. The topological polar surface area (TPSA) is 108 Å². The summed E-state index contributed by atoms with van der Waals surface area (Å²) in [6, 6.07) is 0. The number of hydrogen-bond donors (Lipinski definition) is 1. The highest BCUT2D eigenvalue weighted by Crippen LogP contribution is 2.40. The van der Waals surface area contributed by atoms with Gasteiger partial charge in [-0.1, -0.05) is 13.8 Å². The number of carbonyl (C=O) groups is 3. The summed E-state index contributed by atoms with van der Waals surface area (Å²) in [7, 11) is 1.63. The van der Waals surface area contributed by atoms with E-state index in [4.69, 9.17) is 10.5 Å². The lowest BCUT2D eigenvalue weighted by Gasteiger charge is -2.19. The fraction of sp³-hybridized carbons (Fsp3) is 0.500. The predicted octanol–water partition coefficient (Wildman–Crippen LogP) is 0.0655. The molecule has 1 fully saturated rings. The highest BCUT2D eigenvalue weighted by Gasteiger charge is 2.49. The molecule has 108 valence electrons. The Kier molecular flexibility index (Phi) is 3.24. The van der Waals surface area contributed by atoms with Gasteiger partial charge in [0.05, 0.1) is 11.6 Å². The number of aryl methyl sites for hydroxylation is 1. The first-order chi connectivity index (χ1) is 9.27. The minimum absolute atomic E-state index is 0.0932. The van der Waals surface area contributed by atoms with Crippen LogP contribution in [0.3, 0.4) is 0 Å². The molecule has 2 N–H and O–H groups in total. The van der Waals surface area contributed by atoms with Crippen molar-refractivity contribution in [1.82, 2.24) is 9.78 Å². The Morgan fingerprint density at radius 1 is 1.60 bits per heavy atom. The molecule has 1 aromatic heterocycles. The number of anilines is 1. The first-order valence-electron chi connectivity index (χ1n) is 6.05. The van der Waals surface area contributed by atoms with E-state index in [1.165, 1.54) is 15.8 Å². The van der Waals surface area contributed by atoms with Gasteiger partial charge in [-0.05, 0) is 0 Å². The minimum atomic E-state index is -0.989. The van der Waals surface area contributed by atoms with Crippen molar-refractivity contribution in [3.8, 4) is 5.75 Å². The molecule has 2 amide bonds. The van der Waals surface area contributed by atoms with Gasteiger partial charge in [-0.25, -0.2) is 4.79 Å². The fourth-order valence-corrected chi connectivity index (χ4v) is 2.23. The Hall–Kier alpha value is -2.38. The lowest BCUT2D eigenvalue weighted by atomic mass is 9.82. The zero-order chi connectivity index (χ0) is 15.1. The summed E-state index contributed by atoms with van der Waals surface area (Å²) < 4.78 is 6.24. The van der Waals surface area contributed by atoms with Crippen LogP contribution in [0.15, 0.2) is 6.20 Å². The number of nitrogens with zero attached hydrogens (tertiary/aromatic N) is 3. The normalized spacial score (nSPS) is 21.1. The molecule has 1 atom stereocenters. The maximum Gasteiger partial charge on any atom is 0.410 e. The second kappa shape index (κ2) is 4.62. The number of rotatable bonds is 3. The summed E-state index contributed by atoms with van der Waals surface area (Å²) in [6.45, 7) is 3.60. The molecule has 1 aromatic rings. The molecule has 2 rings (SSSR count). The number of aldehydes is 1. The maximum absolute atomic E-state index is 12.4. The van der Waals surface area contributed by atoms with Crippen LogP contribution in [0, 0.1) is 11.3 Å². The van der Waals surface area contributed by atoms with Crippen molar-refractivity contribution in [2.45, 2.75) is 13.8 Å². The van der Waals surface area contributed by atoms with Crippen LogP contribution in [0.1, 0.15) is 13.8 Å². The molecule has 20 heavy (non-hydrogen) atoms. The Bertz CT molecular complexity index is 578. The van der Waals surface area contributed by atoms with E-state index in [2.05, 4.69) is 5.10 Å². The van der Waals surface area contributed by atoms with Crippen LogP contribution in [-0.2, 0) is 16.6 Å². The summed E-state index contributed by atoms with van der Waals surface area (Å²) in [4.78, 5) is 35.7. The van der Waals surface area contributed by atoms with Crippen LogP contribution in [0.2, 0.25) is 0 Å². The minimum Gasteiger partial charge on any atom is -0.405 e. The van der Waals surface area contributed by atoms with Crippen molar-refractivity contribution < 1.29 is 19.1 Å². The van der Waals surface area contributed by atoms with Gasteiger partial charge in [-0.15, -0.1) is 0 Å². The predicted molar refractivity (Wildman–Crippen MR) is 69.1 cm³/mol. The molecule has 1 saturated heterocycles. The van der Waals surface area contributed by atoms with Crippen molar-refractivity contribution in [1.29, 1.82) is 0 Å². The van der Waals surface area contributed by atoms with Crippen molar-refractivity contribution in [2.75, 3.05) is 11.4 Å². The average molecular weight is 280 g/mol. The summed E-state index contributed by atoms with van der Waals surface area (Å²) in [5.41, 5.74) is 4.17. The van der Waals surface area contributed by atoms with E-state index in [0.29, 0.717) is 0 Å². The van der Waals surface area contributed by atoms with Gasteiger partial charge in [0.1, 0.15) is 6.29 Å². The molecular weight excluding hydrogens is 264 g/mol. The fourth-order valence-electron chi connectivity index (χ4n) is 2.23. The molecule has 2 heterocycles. The maximum atomic E-state index is 12.4. The number of nitrogens with two attached hydrogens (primary N) is 1. The highest BCUT2D eigenvalue weighted by atomic mass is 16.5. The van der Waals surface area contributed by atoms with Gasteiger partial charge in [-0.3, -0.25) is 14.4 Å². The number of ether oxygens (including phenoxy) is 1. The standard InChI is InChI=1S/C12H16N4O4/c1-12(2)7(6-17)4-16(10(12)18)9-8(20-11(13)19)5-15(3)14-9/h5-7H,4H2,1-3H3,(H2,13,19). The number of hydrogen-bond acceptors (Lipinski definition) is 5. The molecule has 0 spiro atoms. The summed E-state index contributed by atoms with van der Waals surface area (Å²) in [5.74, 6) is -0.412. The van der Waals surface area contributed by atoms with Gasteiger partial charge >= 0.3 is 6.09 Å². The van der Waals surface area contributed by atoms with Crippen molar-refractivity contribution in [3.63, 3.8) is 0 Å². The molecule has 0 aromatic carbocycles.